The predicted octanol–water partition coefficient (Wildman–Crippen LogP) is 0.342. The Morgan fingerprint density at radius 1 is 1.16 bits per heavy atom. The van der Waals surface area contributed by atoms with Crippen molar-refractivity contribution in [1.29, 1.82) is 0 Å². The Morgan fingerprint density at radius 2 is 1.74 bits per heavy atom. The number of carbonyl (C=O) groups is 3. The molecule has 0 aliphatic rings. The zero-order valence-corrected chi connectivity index (χ0v) is 10.1. The van der Waals surface area contributed by atoms with E-state index in [4.69, 9.17) is 16.6 Å². The van der Waals surface area contributed by atoms with Gasteiger partial charge in [0.2, 0.25) is 0 Å². The largest absolute Gasteiger partial charge is 0.508 e. The molecule has 7 heteroatoms. The van der Waals surface area contributed by atoms with Gasteiger partial charge in [-0.3, -0.25) is 9.59 Å². The summed E-state index contributed by atoms with van der Waals surface area (Å²) in [6.07, 6.45) is 3.03. The molecular weight excluding hydrogens is 256 g/mol. The number of terminal acetylenes is 1. The molecule has 2 N–H and O–H groups in total. The fourth-order valence-electron chi connectivity index (χ4n) is 1.05. The average molecular weight is 268 g/mol. The normalized spacial score (nSPS) is 9.47. The van der Waals surface area contributed by atoms with Gasteiger partial charge in [-0.15, -0.1) is 12.3 Å². The number of methoxy groups -OCH3 is 1. The summed E-state index contributed by atoms with van der Waals surface area (Å²) in [4.78, 5) is 32.6. The number of hydrogen-bond acceptors (Lipinski definition) is 5. The first-order chi connectivity index (χ1) is 8.90. The fraction of sp³-hybridized carbons (Fsp3) is 0.417. The fourth-order valence-corrected chi connectivity index (χ4v) is 1.05. The Morgan fingerprint density at radius 3 is 2.16 bits per heavy atom. The molecule has 0 aliphatic heterocycles. The minimum absolute atomic E-state index is 0.335. The molecule has 0 fully saturated rings. The number of aliphatic carboxylic acids is 2. The van der Waals surface area contributed by atoms with Crippen LogP contribution in [0.15, 0.2) is 0 Å². The van der Waals surface area contributed by atoms with Crippen LogP contribution in [-0.4, -0.2) is 42.0 Å². The number of carboxylic acid groups (broad SMARTS) is 2. The van der Waals surface area contributed by atoms with Crippen LogP contribution in [0.2, 0.25) is 0 Å². The van der Waals surface area contributed by atoms with Gasteiger partial charge < -0.3 is 19.7 Å². The Labute approximate surface area is 109 Å². The molecule has 0 saturated carbocycles. The van der Waals surface area contributed by atoms with Crippen molar-refractivity contribution in [3.05, 3.63) is 0 Å². The molecule has 0 spiro atoms. The van der Waals surface area contributed by atoms with E-state index in [0.717, 1.165) is 7.11 Å². The number of rotatable bonds is 5. The minimum Gasteiger partial charge on any atom is -0.480 e. The van der Waals surface area contributed by atoms with Crippen molar-refractivity contribution >= 4 is 18.1 Å². The standard InChI is InChI=1S/C12H12O7/c1-3-6-12(9(13)14,10(15)16)7-4-5-8-19-11(17)18-2/h1H,6-8H2,2H3,(H,13,14)(H,15,16). The SMILES string of the molecule is C#CCC(CC#CCOC(=O)OC)(C(=O)O)C(=O)O. The van der Waals surface area contributed by atoms with Crippen LogP contribution in [0.5, 0.6) is 0 Å². The lowest BCUT2D eigenvalue weighted by molar-refractivity contribution is -0.163. The maximum atomic E-state index is 11.0. The van der Waals surface area contributed by atoms with Crippen LogP contribution in [0.25, 0.3) is 0 Å². The van der Waals surface area contributed by atoms with Crippen LogP contribution in [-0.2, 0) is 19.1 Å². The molecule has 0 aromatic heterocycles. The molecular formula is C12H12O7. The third kappa shape index (κ3) is 4.60. The van der Waals surface area contributed by atoms with Crippen molar-refractivity contribution in [3.8, 4) is 24.2 Å². The summed E-state index contributed by atoms with van der Waals surface area (Å²) in [6, 6.07) is 0. The Balaban J connectivity index is 4.74. The Kier molecular flexibility index (Phi) is 6.55. The second-order valence-corrected chi connectivity index (χ2v) is 3.35. The molecule has 0 rings (SSSR count). The van der Waals surface area contributed by atoms with E-state index in [0.29, 0.717) is 0 Å². The zero-order chi connectivity index (χ0) is 14.9. The van der Waals surface area contributed by atoms with Crippen LogP contribution in [0.1, 0.15) is 12.8 Å². The van der Waals surface area contributed by atoms with Gasteiger partial charge in [0.05, 0.1) is 7.11 Å². The van der Waals surface area contributed by atoms with Gasteiger partial charge in [-0.2, -0.15) is 0 Å². The molecule has 19 heavy (non-hydrogen) atoms. The second kappa shape index (κ2) is 7.62. The van der Waals surface area contributed by atoms with E-state index < -0.39 is 36.4 Å². The molecule has 0 aromatic rings. The van der Waals surface area contributed by atoms with E-state index in [9.17, 15) is 14.4 Å². The highest BCUT2D eigenvalue weighted by atomic mass is 16.7. The molecule has 0 bridgehead atoms. The summed E-state index contributed by atoms with van der Waals surface area (Å²) in [7, 11) is 1.11. The minimum atomic E-state index is -2.16. The number of carbonyl (C=O) groups excluding carboxylic acids is 1. The van der Waals surface area contributed by atoms with E-state index in [-0.39, 0.29) is 6.61 Å². The summed E-state index contributed by atoms with van der Waals surface area (Å²) in [5.74, 6) is 3.49. The highest BCUT2D eigenvalue weighted by molar-refractivity contribution is 5.98. The summed E-state index contributed by atoms with van der Waals surface area (Å²) in [5.41, 5.74) is -2.16. The molecule has 0 atom stereocenters. The highest BCUT2D eigenvalue weighted by Crippen LogP contribution is 2.26. The van der Waals surface area contributed by atoms with E-state index in [1.807, 2.05) is 5.92 Å². The van der Waals surface area contributed by atoms with Crippen LogP contribution in [0.4, 0.5) is 4.79 Å². The molecule has 102 valence electrons. The maximum absolute atomic E-state index is 11.0. The van der Waals surface area contributed by atoms with E-state index in [2.05, 4.69) is 21.3 Å². The maximum Gasteiger partial charge on any atom is 0.508 e. The summed E-state index contributed by atoms with van der Waals surface area (Å²) < 4.78 is 8.59. The van der Waals surface area contributed by atoms with Gasteiger partial charge in [0.15, 0.2) is 12.0 Å². The molecule has 0 saturated heterocycles. The van der Waals surface area contributed by atoms with Gasteiger partial charge in [0, 0.05) is 12.8 Å². The molecule has 0 heterocycles. The van der Waals surface area contributed by atoms with Crippen LogP contribution in [0.3, 0.4) is 0 Å². The third-order valence-electron chi connectivity index (χ3n) is 2.17. The molecule has 0 aliphatic carbocycles. The molecule has 0 aromatic carbocycles. The van der Waals surface area contributed by atoms with Crippen molar-refractivity contribution in [1.82, 2.24) is 0 Å². The van der Waals surface area contributed by atoms with Gasteiger partial charge in [-0.25, -0.2) is 4.79 Å². The lowest BCUT2D eigenvalue weighted by Gasteiger charge is -2.19. The predicted molar refractivity (Wildman–Crippen MR) is 61.9 cm³/mol. The van der Waals surface area contributed by atoms with E-state index in [1.165, 1.54) is 0 Å². The van der Waals surface area contributed by atoms with Gasteiger partial charge in [-0.05, 0) is 0 Å². The molecule has 7 nitrogen and oxygen atoms in total. The first kappa shape index (κ1) is 16.3. The van der Waals surface area contributed by atoms with Gasteiger partial charge in [-0.1, -0.05) is 11.8 Å². The molecule has 0 amide bonds. The van der Waals surface area contributed by atoms with Crippen molar-refractivity contribution in [2.45, 2.75) is 12.8 Å². The Bertz CT molecular complexity index is 447. The number of ether oxygens (including phenoxy) is 2. The average Bonchev–Trinajstić information content (AvgIpc) is 2.35. The van der Waals surface area contributed by atoms with Crippen molar-refractivity contribution < 1.29 is 34.1 Å². The molecule has 0 unspecified atom stereocenters. The van der Waals surface area contributed by atoms with E-state index in [1.54, 1.807) is 0 Å². The van der Waals surface area contributed by atoms with Gasteiger partial charge in [0.1, 0.15) is 0 Å². The molecule has 0 radical (unpaired) electrons. The first-order valence-electron chi connectivity index (χ1n) is 4.97. The first-order valence-corrected chi connectivity index (χ1v) is 4.97. The lowest BCUT2D eigenvalue weighted by atomic mass is 9.81. The highest BCUT2D eigenvalue weighted by Gasteiger charge is 2.45. The second-order valence-electron chi connectivity index (χ2n) is 3.35. The lowest BCUT2D eigenvalue weighted by Crippen LogP contribution is -2.38. The zero-order valence-electron chi connectivity index (χ0n) is 10.1. The smallest absolute Gasteiger partial charge is 0.480 e. The van der Waals surface area contributed by atoms with Crippen LogP contribution < -0.4 is 0 Å². The van der Waals surface area contributed by atoms with Crippen LogP contribution in [0, 0.1) is 29.6 Å². The van der Waals surface area contributed by atoms with Crippen LogP contribution >= 0.6 is 0 Å². The Hall–Kier alpha value is -2.67. The van der Waals surface area contributed by atoms with Crippen molar-refractivity contribution in [3.63, 3.8) is 0 Å². The van der Waals surface area contributed by atoms with Gasteiger partial charge in [0.25, 0.3) is 0 Å². The summed E-state index contributed by atoms with van der Waals surface area (Å²) in [6.45, 7) is -0.335. The van der Waals surface area contributed by atoms with E-state index >= 15 is 0 Å². The quantitative estimate of drug-likeness (QED) is 0.420. The number of carboxylic acids is 2. The number of hydrogen-bond donors (Lipinski definition) is 2. The summed E-state index contributed by atoms with van der Waals surface area (Å²) in [5, 5.41) is 17.9. The third-order valence-corrected chi connectivity index (χ3v) is 2.17. The van der Waals surface area contributed by atoms with Crippen molar-refractivity contribution in [2.24, 2.45) is 5.41 Å². The topological polar surface area (TPSA) is 110 Å². The van der Waals surface area contributed by atoms with Gasteiger partial charge >= 0.3 is 18.1 Å². The summed E-state index contributed by atoms with van der Waals surface area (Å²) >= 11 is 0. The monoisotopic (exact) mass is 268 g/mol. The van der Waals surface area contributed by atoms with Crippen molar-refractivity contribution in [2.75, 3.05) is 13.7 Å².